The van der Waals surface area contributed by atoms with E-state index < -0.39 is 71.0 Å². The molecule has 0 radical (unpaired) electrons. The number of amides is 1. The molecule has 3 rings (SSSR count). The molecule has 15 nitrogen and oxygen atoms in total. The van der Waals surface area contributed by atoms with Crippen LogP contribution in [0.5, 0.6) is 0 Å². The summed E-state index contributed by atoms with van der Waals surface area (Å²) in [6.45, 7) is 2.23. The highest BCUT2D eigenvalue weighted by atomic mass is 32.2. The van der Waals surface area contributed by atoms with Crippen molar-refractivity contribution in [2.45, 2.75) is 50.6 Å². The Morgan fingerprint density at radius 2 is 2.00 bits per heavy atom. The lowest BCUT2D eigenvalue weighted by atomic mass is 10.0. The number of aromatic amines is 1. The van der Waals surface area contributed by atoms with Gasteiger partial charge in [0.1, 0.15) is 18.3 Å². The molecule has 0 bridgehead atoms. The quantitative estimate of drug-likeness (QED) is 0.218. The first-order valence-corrected chi connectivity index (χ1v) is 10.8. The Morgan fingerprint density at radius 3 is 2.66 bits per heavy atom. The Labute approximate surface area is 180 Å². The van der Waals surface area contributed by atoms with Gasteiger partial charge in [0.05, 0.1) is 25.4 Å². The molecule has 2 aromatic rings. The van der Waals surface area contributed by atoms with Crippen molar-refractivity contribution < 1.29 is 42.6 Å². The molecule has 1 aliphatic rings. The predicted octanol–water partition coefficient (Wildman–Crippen LogP) is -3.51. The van der Waals surface area contributed by atoms with E-state index in [0.29, 0.717) is 0 Å². The number of hydrogen-bond donors (Lipinski definition) is 6. The van der Waals surface area contributed by atoms with Crippen molar-refractivity contribution in [2.24, 2.45) is 5.92 Å². The highest BCUT2D eigenvalue weighted by Crippen LogP contribution is 2.31. The number of aliphatic hydroxyl groups excluding tert-OH is 4. The zero-order valence-corrected chi connectivity index (χ0v) is 17.7. The van der Waals surface area contributed by atoms with Gasteiger partial charge >= 0.3 is 10.3 Å². The van der Waals surface area contributed by atoms with Crippen LogP contribution in [0.1, 0.15) is 20.1 Å². The number of rotatable bonds is 8. The zero-order chi connectivity index (χ0) is 23.8. The molecule has 1 fully saturated rings. The van der Waals surface area contributed by atoms with Crippen LogP contribution in [0.2, 0.25) is 0 Å². The van der Waals surface area contributed by atoms with Gasteiger partial charge in [0, 0.05) is 0 Å². The van der Waals surface area contributed by atoms with Crippen molar-refractivity contribution in [3.8, 4) is 0 Å². The van der Waals surface area contributed by atoms with Crippen LogP contribution in [-0.2, 0) is 24.0 Å². The first-order chi connectivity index (χ1) is 14.9. The zero-order valence-electron chi connectivity index (χ0n) is 16.9. The fourth-order valence-electron chi connectivity index (χ4n) is 3.04. The Hall–Kier alpha value is -2.47. The van der Waals surface area contributed by atoms with Crippen LogP contribution < -0.4 is 10.3 Å². The van der Waals surface area contributed by atoms with Crippen LogP contribution in [0.25, 0.3) is 11.2 Å². The number of aliphatic hydroxyl groups is 4. The number of H-pyrrole nitrogens is 1. The monoisotopic (exact) mass is 477 g/mol. The minimum atomic E-state index is -4.75. The molecule has 2 aromatic heterocycles. The van der Waals surface area contributed by atoms with Crippen LogP contribution in [0.4, 0.5) is 0 Å². The van der Waals surface area contributed by atoms with Gasteiger partial charge in [-0.15, -0.1) is 0 Å². The molecule has 1 saturated heterocycles. The second kappa shape index (κ2) is 9.18. The summed E-state index contributed by atoms with van der Waals surface area (Å²) < 4.78 is 36.7. The second-order valence-electron chi connectivity index (χ2n) is 7.49. The lowest BCUT2D eigenvalue weighted by molar-refractivity contribution is -0.135. The van der Waals surface area contributed by atoms with Crippen molar-refractivity contribution in [3.63, 3.8) is 0 Å². The molecule has 16 heteroatoms. The van der Waals surface area contributed by atoms with Crippen LogP contribution in [0.3, 0.4) is 0 Å². The van der Waals surface area contributed by atoms with Crippen molar-refractivity contribution in [1.82, 2.24) is 24.2 Å². The molecule has 6 atom stereocenters. The van der Waals surface area contributed by atoms with Crippen LogP contribution in [-0.4, -0.2) is 91.4 Å². The van der Waals surface area contributed by atoms with Crippen molar-refractivity contribution in [3.05, 3.63) is 23.0 Å². The number of carbonyl (C=O) groups is 1. The normalized spacial score (nSPS) is 25.8. The molecule has 6 N–H and O–H groups in total. The number of carbonyl (C=O) groups excluding carboxylic acids is 1. The smallest absolute Gasteiger partial charge is 0.362 e. The summed E-state index contributed by atoms with van der Waals surface area (Å²) in [6, 6.07) is 0. The minimum absolute atomic E-state index is 0.0371. The Morgan fingerprint density at radius 1 is 1.31 bits per heavy atom. The van der Waals surface area contributed by atoms with E-state index >= 15 is 0 Å². The van der Waals surface area contributed by atoms with Crippen molar-refractivity contribution in [1.29, 1.82) is 0 Å². The van der Waals surface area contributed by atoms with Crippen molar-refractivity contribution in [2.75, 3.05) is 6.61 Å². The summed E-state index contributed by atoms with van der Waals surface area (Å²) in [5.74, 6) is -1.93. The maximum atomic E-state index is 12.0. The van der Waals surface area contributed by atoms with Gasteiger partial charge in [0.25, 0.3) is 11.5 Å². The van der Waals surface area contributed by atoms with E-state index in [1.807, 2.05) is 0 Å². The van der Waals surface area contributed by atoms with E-state index in [2.05, 4.69) is 19.1 Å². The van der Waals surface area contributed by atoms with Crippen LogP contribution >= 0.6 is 0 Å². The molecule has 178 valence electrons. The summed E-state index contributed by atoms with van der Waals surface area (Å²) in [7, 11) is -4.75. The standard InChI is InChI=1S/C16H23N5O10S/c1-6(2)9(22)11(24)15(27)20-32(28,29)30-3-7-10(23)12(25)16(31-7)21-5-19-8-13(21)17-4-18-14(8)26/h4-7,9-12,16,22-25H,3H2,1-2H3,(H,20,27)(H,17,18,26)/t7-,9-,10-,11+,12-,16-/m1/s1. The average Bonchev–Trinajstić information content (AvgIpc) is 3.27. The number of imidazole rings is 1. The van der Waals surface area contributed by atoms with Gasteiger partial charge in [0.2, 0.25) is 0 Å². The maximum absolute atomic E-state index is 12.0. The molecule has 0 spiro atoms. The number of ether oxygens (including phenoxy) is 1. The van der Waals surface area contributed by atoms with E-state index in [-0.39, 0.29) is 11.2 Å². The van der Waals surface area contributed by atoms with E-state index in [9.17, 15) is 38.4 Å². The fraction of sp³-hybridized carbons (Fsp3) is 0.625. The lowest BCUT2D eigenvalue weighted by Crippen LogP contribution is -2.47. The van der Waals surface area contributed by atoms with Crippen LogP contribution in [0.15, 0.2) is 17.4 Å². The molecular weight excluding hydrogens is 454 g/mol. The van der Waals surface area contributed by atoms with Crippen molar-refractivity contribution >= 4 is 27.4 Å². The highest BCUT2D eigenvalue weighted by Gasteiger charge is 2.45. The van der Waals surface area contributed by atoms with E-state index in [4.69, 9.17) is 4.74 Å². The summed E-state index contributed by atoms with van der Waals surface area (Å²) in [5.41, 5.74) is -0.512. The predicted molar refractivity (Wildman–Crippen MR) is 104 cm³/mol. The molecule has 32 heavy (non-hydrogen) atoms. The molecule has 1 amide bonds. The average molecular weight is 477 g/mol. The summed E-state index contributed by atoms with van der Waals surface area (Å²) >= 11 is 0. The van der Waals surface area contributed by atoms with Gasteiger partial charge in [0.15, 0.2) is 23.5 Å². The fourth-order valence-corrected chi connectivity index (χ4v) is 3.77. The highest BCUT2D eigenvalue weighted by molar-refractivity contribution is 7.85. The molecular formula is C16H23N5O10S. The molecule has 1 aliphatic heterocycles. The Kier molecular flexibility index (Phi) is 6.94. The third kappa shape index (κ3) is 4.80. The largest absolute Gasteiger partial charge is 0.390 e. The third-order valence-corrected chi connectivity index (χ3v) is 5.76. The van der Waals surface area contributed by atoms with Gasteiger partial charge in [-0.05, 0) is 5.92 Å². The Bertz CT molecular complexity index is 1130. The van der Waals surface area contributed by atoms with E-state index in [1.54, 1.807) is 0 Å². The Balaban J connectivity index is 1.66. The lowest BCUT2D eigenvalue weighted by Gasteiger charge is -2.20. The van der Waals surface area contributed by atoms with Gasteiger partial charge in [-0.2, -0.15) is 8.42 Å². The number of fused-ring (bicyclic) bond motifs is 1. The number of hydrogen-bond acceptors (Lipinski definition) is 12. The first-order valence-electron chi connectivity index (χ1n) is 9.42. The van der Waals surface area contributed by atoms with E-state index in [0.717, 1.165) is 12.7 Å². The third-order valence-electron chi connectivity index (χ3n) is 4.86. The first kappa shape index (κ1) is 24.2. The maximum Gasteiger partial charge on any atom is 0.362 e. The second-order valence-corrected chi connectivity index (χ2v) is 8.83. The molecule has 3 heterocycles. The molecule has 0 saturated carbocycles. The molecule has 0 aliphatic carbocycles. The van der Waals surface area contributed by atoms with Gasteiger partial charge in [-0.25, -0.2) is 14.7 Å². The summed E-state index contributed by atoms with van der Waals surface area (Å²) in [6.07, 6.45) is -7.02. The number of nitrogens with zero attached hydrogens (tertiary/aromatic N) is 3. The number of nitrogens with one attached hydrogen (secondary N) is 2. The topological polar surface area (TPSA) is 226 Å². The minimum Gasteiger partial charge on any atom is -0.390 e. The summed E-state index contributed by atoms with van der Waals surface area (Å²) in [4.78, 5) is 33.7. The summed E-state index contributed by atoms with van der Waals surface area (Å²) in [5, 5.41) is 39.9. The molecule has 0 aromatic carbocycles. The SMILES string of the molecule is CC(C)[C@@H](O)[C@H](O)C(=O)NS(=O)(=O)OC[C@H]1O[C@@H](n2cnc3c(=O)[nH]cnc32)[C@H](O)[C@@H]1O. The van der Waals surface area contributed by atoms with Gasteiger partial charge in [-0.1, -0.05) is 13.8 Å². The van der Waals surface area contributed by atoms with Gasteiger partial charge < -0.3 is 30.1 Å². The number of aromatic nitrogens is 4. The van der Waals surface area contributed by atoms with E-state index in [1.165, 1.54) is 23.1 Å². The van der Waals surface area contributed by atoms with Crippen LogP contribution in [0, 0.1) is 5.92 Å². The van der Waals surface area contributed by atoms with Gasteiger partial charge in [-0.3, -0.25) is 18.3 Å². The molecule has 0 unspecified atom stereocenters.